The van der Waals surface area contributed by atoms with Gasteiger partial charge in [-0.3, -0.25) is 4.79 Å². The maximum atomic E-state index is 13.1. The number of piperidine rings is 1. The minimum atomic E-state index is 0. The monoisotopic (exact) mass is 389 g/mol. The summed E-state index contributed by atoms with van der Waals surface area (Å²) in [7, 11) is 3.82. The van der Waals surface area contributed by atoms with Crippen LogP contribution in [0.25, 0.3) is 0 Å². The molecule has 25 heavy (non-hydrogen) atoms. The molecular formula is C18H29Cl2N3O2. The van der Waals surface area contributed by atoms with E-state index in [4.69, 9.17) is 4.74 Å². The van der Waals surface area contributed by atoms with Crippen LogP contribution in [0.4, 0.5) is 0 Å². The molecule has 1 aromatic carbocycles. The number of likely N-dealkylation sites (tertiary alicyclic amines) is 1. The second kappa shape index (κ2) is 10.2. The number of benzene rings is 1. The first-order valence-electron chi connectivity index (χ1n) is 8.53. The fraction of sp³-hybridized carbons (Fsp3) is 0.611. The Labute approximate surface area is 162 Å². The summed E-state index contributed by atoms with van der Waals surface area (Å²) in [5, 5.41) is 3.42. The summed E-state index contributed by atoms with van der Waals surface area (Å²) < 4.78 is 5.51. The minimum Gasteiger partial charge on any atom is -0.496 e. The van der Waals surface area contributed by atoms with E-state index in [0.29, 0.717) is 5.91 Å². The molecule has 0 aliphatic carbocycles. The predicted octanol–water partition coefficient (Wildman–Crippen LogP) is 2.35. The highest BCUT2D eigenvalue weighted by molar-refractivity contribution is 5.85. The molecule has 1 atom stereocenters. The summed E-state index contributed by atoms with van der Waals surface area (Å²) >= 11 is 0. The predicted molar refractivity (Wildman–Crippen MR) is 105 cm³/mol. The van der Waals surface area contributed by atoms with Crippen LogP contribution in [0.1, 0.15) is 24.4 Å². The third-order valence-electron chi connectivity index (χ3n) is 5.09. The lowest BCUT2D eigenvalue weighted by atomic mass is 9.93. The molecule has 3 rings (SSSR count). The first kappa shape index (κ1) is 22.0. The molecule has 1 unspecified atom stereocenters. The van der Waals surface area contributed by atoms with Crippen molar-refractivity contribution in [2.75, 3.05) is 46.9 Å². The highest BCUT2D eigenvalue weighted by Gasteiger charge is 2.34. The van der Waals surface area contributed by atoms with Crippen molar-refractivity contribution in [2.45, 2.75) is 18.9 Å². The molecule has 1 N–H and O–H groups in total. The van der Waals surface area contributed by atoms with Crippen LogP contribution >= 0.6 is 24.8 Å². The maximum absolute atomic E-state index is 13.1. The molecule has 1 amide bonds. The molecule has 2 aliphatic rings. The number of para-hydroxylation sites is 1. The highest BCUT2D eigenvalue weighted by atomic mass is 35.5. The van der Waals surface area contributed by atoms with Crippen molar-refractivity contribution in [1.82, 2.24) is 15.1 Å². The Hall–Kier alpha value is -1.01. The number of ether oxygens (including phenoxy) is 1. The van der Waals surface area contributed by atoms with Crippen LogP contribution in [0, 0.1) is 5.92 Å². The van der Waals surface area contributed by atoms with Crippen LogP contribution in [0.3, 0.4) is 0 Å². The zero-order valence-corrected chi connectivity index (χ0v) is 16.6. The molecule has 0 spiro atoms. The van der Waals surface area contributed by atoms with Gasteiger partial charge < -0.3 is 19.9 Å². The van der Waals surface area contributed by atoms with Gasteiger partial charge in [-0.1, -0.05) is 18.2 Å². The normalized spacial score (nSPS) is 21.8. The molecule has 2 fully saturated rings. The molecule has 0 radical (unpaired) electrons. The number of methoxy groups -OCH3 is 1. The first-order valence-corrected chi connectivity index (χ1v) is 8.53. The number of nitrogens with one attached hydrogen (secondary N) is 1. The summed E-state index contributed by atoms with van der Waals surface area (Å²) in [6.45, 7) is 4.46. The van der Waals surface area contributed by atoms with Gasteiger partial charge in [-0.05, 0) is 39.0 Å². The lowest BCUT2D eigenvalue weighted by molar-refractivity contribution is -0.140. The Bertz CT molecular complexity index is 551. The second-order valence-corrected chi connectivity index (χ2v) is 6.57. The molecular weight excluding hydrogens is 361 g/mol. The molecule has 0 bridgehead atoms. The Kier molecular flexibility index (Phi) is 9.00. The number of amides is 1. The number of rotatable bonds is 3. The highest BCUT2D eigenvalue weighted by Crippen LogP contribution is 2.32. The number of hydrogen-bond donors (Lipinski definition) is 1. The third kappa shape index (κ3) is 5.00. The Balaban J connectivity index is 0.00000156. The summed E-state index contributed by atoms with van der Waals surface area (Å²) in [5.74, 6) is 1.35. The molecule has 5 nitrogen and oxygen atoms in total. The fourth-order valence-electron chi connectivity index (χ4n) is 3.68. The molecule has 0 saturated carbocycles. The van der Waals surface area contributed by atoms with Crippen molar-refractivity contribution >= 4 is 30.7 Å². The molecule has 0 aromatic heterocycles. The zero-order valence-electron chi connectivity index (χ0n) is 14.9. The van der Waals surface area contributed by atoms with Gasteiger partial charge in [-0.2, -0.15) is 0 Å². The SMILES string of the molecule is COc1ccccc1C1CNCCN1C(=O)C1CCN(C)CC1.Cl.Cl. The molecule has 2 saturated heterocycles. The summed E-state index contributed by atoms with van der Waals surface area (Å²) in [5.41, 5.74) is 1.10. The quantitative estimate of drug-likeness (QED) is 0.861. The van der Waals surface area contributed by atoms with Crippen LogP contribution in [0.15, 0.2) is 24.3 Å². The smallest absolute Gasteiger partial charge is 0.226 e. The lowest BCUT2D eigenvalue weighted by Gasteiger charge is -2.40. The minimum absolute atomic E-state index is 0. The second-order valence-electron chi connectivity index (χ2n) is 6.57. The van der Waals surface area contributed by atoms with E-state index in [1.807, 2.05) is 18.2 Å². The van der Waals surface area contributed by atoms with E-state index in [0.717, 1.165) is 56.9 Å². The van der Waals surface area contributed by atoms with Crippen LogP contribution in [0.2, 0.25) is 0 Å². The van der Waals surface area contributed by atoms with Gasteiger partial charge in [0.15, 0.2) is 0 Å². The van der Waals surface area contributed by atoms with Gasteiger partial charge in [-0.15, -0.1) is 24.8 Å². The van der Waals surface area contributed by atoms with Gasteiger partial charge >= 0.3 is 0 Å². The van der Waals surface area contributed by atoms with E-state index in [1.54, 1.807) is 7.11 Å². The average molecular weight is 390 g/mol. The van der Waals surface area contributed by atoms with Gasteiger partial charge in [-0.25, -0.2) is 0 Å². The van der Waals surface area contributed by atoms with Gasteiger partial charge in [0.1, 0.15) is 5.75 Å². The Morgan fingerprint density at radius 3 is 2.52 bits per heavy atom. The van der Waals surface area contributed by atoms with Crippen molar-refractivity contribution in [3.8, 4) is 5.75 Å². The lowest BCUT2D eigenvalue weighted by Crippen LogP contribution is -2.51. The van der Waals surface area contributed by atoms with Crippen molar-refractivity contribution in [1.29, 1.82) is 0 Å². The molecule has 1 aromatic rings. The average Bonchev–Trinajstić information content (AvgIpc) is 2.62. The van der Waals surface area contributed by atoms with E-state index in [-0.39, 0.29) is 36.8 Å². The van der Waals surface area contributed by atoms with Crippen molar-refractivity contribution in [3.63, 3.8) is 0 Å². The zero-order chi connectivity index (χ0) is 16.2. The number of piperazine rings is 1. The molecule has 2 heterocycles. The van der Waals surface area contributed by atoms with Crippen molar-refractivity contribution < 1.29 is 9.53 Å². The van der Waals surface area contributed by atoms with E-state index < -0.39 is 0 Å². The molecule has 2 aliphatic heterocycles. The Morgan fingerprint density at radius 2 is 1.84 bits per heavy atom. The van der Waals surface area contributed by atoms with E-state index in [2.05, 4.69) is 28.2 Å². The molecule has 7 heteroatoms. The molecule has 142 valence electrons. The van der Waals surface area contributed by atoms with Crippen LogP contribution in [-0.4, -0.2) is 62.6 Å². The van der Waals surface area contributed by atoms with E-state index in [1.165, 1.54) is 0 Å². The summed E-state index contributed by atoms with van der Waals surface area (Å²) in [6, 6.07) is 8.10. The largest absolute Gasteiger partial charge is 0.496 e. The topological polar surface area (TPSA) is 44.8 Å². The number of hydrogen-bond acceptors (Lipinski definition) is 4. The standard InChI is InChI=1S/C18H27N3O2.2ClH/c1-20-10-7-14(8-11-20)18(22)21-12-9-19-13-16(21)15-5-3-4-6-17(15)23-2;;/h3-6,14,16,19H,7-13H2,1-2H3;2*1H. The number of halogens is 2. The van der Waals surface area contributed by atoms with Crippen LogP contribution in [0.5, 0.6) is 5.75 Å². The third-order valence-corrected chi connectivity index (χ3v) is 5.09. The maximum Gasteiger partial charge on any atom is 0.226 e. The van der Waals surface area contributed by atoms with E-state index >= 15 is 0 Å². The van der Waals surface area contributed by atoms with Gasteiger partial charge in [0, 0.05) is 31.1 Å². The number of carbonyl (C=O) groups is 1. The van der Waals surface area contributed by atoms with Gasteiger partial charge in [0.05, 0.1) is 13.2 Å². The first-order chi connectivity index (χ1) is 11.2. The van der Waals surface area contributed by atoms with Gasteiger partial charge in [0.2, 0.25) is 5.91 Å². The van der Waals surface area contributed by atoms with E-state index in [9.17, 15) is 4.79 Å². The Morgan fingerprint density at radius 1 is 1.16 bits per heavy atom. The number of nitrogens with zero attached hydrogens (tertiary/aromatic N) is 2. The summed E-state index contributed by atoms with van der Waals surface area (Å²) in [6.07, 6.45) is 1.94. The van der Waals surface area contributed by atoms with Crippen LogP contribution < -0.4 is 10.1 Å². The van der Waals surface area contributed by atoms with Gasteiger partial charge in [0.25, 0.3) is 0 Å². The van der Waals surface area contributed by atoms with Crippen LogP contribution in [-0.2, 0) is 4.79 Å². The summed E-state index contributed by atoms with van der Waals surface area (Å²) in [4.78, 5) is 17.5. The fourth-order valence-corrected chi connectivity index (χ4v) is 3.68. The van der Waals surface area contributed by atoms with Crippen molar-refractivity contribution in [3.05, 3.63) is 29.8 Å². The van der Waals surface area contributed by atoms with Crippen molar-refractivity contribution in [2.24, 2.45) is 5.92 Å². The number of carbonyl (C=O) groups excluding carboxylic acids is 1.